The molecule has 1 aromatic carbocycles. The van der Waals surface area contributed by atoms with E-state index in [2.05, 4.69) is 15.0 Å². The lowest BCUT2D eigenvalue weighted by Crippen LogP contribution is -2.29. The number of amidine groups is 1. The van der Waals surface area contributed by atoms with Crippen molar-refractivity contribution >= 4 is 45.5 Å². The molecule has 3 aromatic rings. The summed E-state index contributed by atoms with van der Waals surface area (Å²) in [4.78, 5) is 37.5. The standard InChI is InChI=1S/C17H12N4O2S/c22-14-10-24-17(21(14)11-5-2-1-3-6-11)20-16(23)13-9-19-15-12(13)7-4-8-18-15/h1-9H,10H2,(H,18,19). The van der Waals surface area contributed by atoms with Gasteiger partial charge in [-0.1, -0.05) is 30.0 Å². The molecule has 4 rings (SSSR count). The summed E-state index contributed by atoms with van der Waals surface area (Å²) in [5, 5.41) is 1.11. The van der Waals surface area contributed by atoms with Gasteiger partial charge in [0.2, 0.25) is 5.91 Å². The monoisotopic (exact) mass is 336 g/mol. The van der Waals surface area contributed by atoms with Gasteiger partial charge < -0.3 is 4.98 Å². The van der Waals surface area contributed by atoms with Gasteiger partial charge in [-0.25, -0.2) is 4.98 Å². The van der Waals surface area contributed by atoms with E-state index in [4.69, 9.17) is 0 Å². The second-order valence-corrected chi connectivity index (χ2v) is 6.10. The van der Waals surface area contributed by atoms with E-state index < -0.39 is 5.91 Å². The molecule has 6 nitrogen and oxygen atoms in total. The molecular weight excluding hydrogens is 324 g/mol. The summed E-state index contributed by atoms with van der Waals surface area (Å²) in [6, 6.07) is 12.8. The molecule has 1 aliphatic heterocycles. The van der Waals surface area contributed by atoms with Crippen LogP contribution in [0.1, 0.15) is 10.4 Å². The third kappa shape index (κ3) is 2.48. The molecule has 1 fully saturated rings. The van der Waals surface area contributed by atoms with Crippen LogP contribution in [0.2, 0.25) is 0 Å². The fourth-order valence-corrected chi connectivity index (χ4v) is 3.42. The fourth-order valence-electron chi connectivity index (χ4n) is 2.56. The van der Waals surface area contributed by atoms with Crippen LogP contribution in [0.4, 0.5) is 5.69 Å². The van der Waals surface area contributed by atoms with Gasteiger partial charge in [0.15, 0.2) is 5.17 Å². The Hall–Kier alpha value is -2.93. The van der Waals surface area contributed by atoms with E-state index in [-0.39, 0.29) is 11.7 Å². The number of nitrogens with zero attached hydrogens (tertiary/aromatic N) is 3. The van der Waals surface area contributed by atoms with Crippen LogP contribution in [-0.4, -0.2) is 32.7 Å². The molecule has 0 spiro atoms. The zero-order valence-electron chi connectivity index (χ0n) is 12.5. The summed E-state index contributed by atoms with van der Waals surface area (Å²) >= 11 is 1.26. The van der Waals surface area contributed by atoms with Crippen LogP contribution in [0.5, 0.6) is 0 Å². The first-order chi connectivity index (χ1) is 11.7. The molecule has 1 aliphatic rings. The Morgan fingerprint density at radius 3 is 2.88 bits per heavy atom. The molecule has 7 heteroatoms. The first-order valence-electron chi connectivity index (χ1n) is 7.30. The van der Waals surface area contributed by atoms with Crippen LogP contribution in [-0.2, 0) is 4.79 Å². The van der Waals surface area contributed by atoms with E-state index in [0.29, 0.717) is 27.5 Å². The quantitative estimate of drug-likeness (QED) is 0.780. The molecule has 2 aromatic heterocycles. The summed E-state index contributed by atoms with van der Waals surface area (Å²) in [5.74, 6) is -0.207. The van der Waals surface area contributed by atoms with Gasteiger partial charge in [-0.3, -0.25) is 14.5 Å². The SMILES string of the molecule is O=C(N=C1SCC(=O)N1c1ccccc1)c1c[nH]c2ncccc12. The number of rotatable bonds is 2. The first-order valence-corrected chi connectivity index (χ1v) is 8.28. The Balaban J connectivity index is 1.71. The lowest BCUT2D eigenvalue weighted by Gasteiger charge is -2.15. The third-order valence-corrected chi connectivity index (χ3v) is 4.58. The maximum atomic E-state index is 12.6. The number of anilines is 1. The van der Waals surface area contributed by atoms with E-state index in [1.807, 2.05) is 36.4 Å². The van der Waals surface area contributed by atoms with Crippen molar-refractivity contribution in [3.63, 3.8) is 0 Å². The smallest absolute Gasteiger partial charge is 0.281 e. The second kappa shape index (κ2) is 5.93. The number of pyridine rings is 1. The van der Waals surface area contributed by atoms with Crippen molar-refractivity contribution in [2.75, 3.05) is 10.7 Å². The van der Waals surface area contributed by atoms with Gasteiger partial charge in [0.25, 0.3) is 5.91 Å². The van der Waals surface area contributed by atoms with Crippen molar-refractivity contribution in [3.8, 4) is 0 Å². The van der Waals surface area contributed by atoms with Crippen LogP contribution in [0.15, 0.2) is 59.9 Å². The van der Waals surface area contributed by atoms with E-state index >= 15 is 0 Å². The second-order valence-electron chi connectivity index (χ2n) is 5.15. The molecule has 3 heterocycles. The van der Waals surface area contributed by atoms with Gasteiger partial charge in [0, 0.05) is 17.8 Å². The van der Waals surface area contributed by atoms with Gasteiger partial charge in [-0.15, -0.1) is 0 Å². The van der Waals surface area contributed by atoms with Gasteiger partial charge >= 0.3 is 0 Å². The van der Waals surface area contributed by atoms with Crippen LogP contribution in [0, 0.1) is 0 Å². The molecule has 0 atom stereocenters. The van der Waals surface area contributed by atoms with Gasteiger partial charge in [0.1, 0.15) is 5.65 Å². The van der Waals surface area contributed by atoms with Gasteiger partial charge in [-0.05, 0) is 24.3 Å². The highest BCUT2D eigenvalue weighted by atomic mass is 32.2. The number of aromatic amines is 1. The van der Waals surface area contributed by atoms with Crippen LogP contribution >= 0.6 is 11.8 Å². The Bertz CT molecular complexity index is 965. The number of hydrogen-bond acceptors (Lipinski definition) is 4. The van der Waals surface area contributed by atoms with E-state index in [1.165, 1.54) is 16.7 Å². The average molecular weight is 336 g/mol. The number of carbonyl (C=O) groups excluding carboxylic acids is 2. The highest BCUT2D eigenvalue weighted by Crippen LogP contribution is 2.27. The number of fused-ring (bicyclic) bond motifs is 1. The number of para-hydroxylation sites is 1. The van der Waals surface area contributed by atoms with Crippen LogP contribution in [0.25, 0.3) is 11.0 Å². The number of hydrogen-bond donors (Lipinski definition) is 1. The van der Waals surface area contributed by atoms with Crippen molar-refractivity contribution in [3.05, 3.63) is 60.4 Å². The van der Waals surface area contributed by atoms with Crippen LogP contribution < -0.4 is 4.90 Å². The molecule has 24 heavy (non-hydrogen) atoms. The summed E-state index contributed by atoms with van der Waals surface area (Å²) in [7, 11) is 0. The summed E-state index contributed by atoms with van der Waals surface area (Å²) < 4.78 is 0. The predicted octanol–water partition coefficient (Wildman–Crippen LogP) is 2.84. The summed E-state index contributed by atoms with van der Waals surface area (Å²) in [6.07, 6.45) is 3.25. The lowest BCUT2D eigenvalue weighted by molar-refractivity contribution is -0.115. The van der Waals surface area contributed by atoms with Crippen molar-refractivity contribution < 1.29 is 9.59 Å². The van der Waals surface area contributed by atoms with Crippen molar-refractivity contribution in [1.82, 2.24) is 9.97 Å². The Labute approximate surface area is 141 Å². The average Bonchev–Trinajstić information content (AvgIpc) is 3.19. The van der Waals surface area contributed by atoms with E-state index in [1.54, 1.807) is 18.5 Å². The minimum Gasteiger partial charge on any atom is -0.345 e. The number of H-pyrrole nitrogens is 1. The minimum absolute atomic E-state index is 0.0849. The number of carbonyl (C=O) groups is 2. The molecule has 0 bridgehead atoms. The van der Waals surface area contributed by atoms with Gasteiger partial charge in [-0.2, -0.15) is 4.99 Å². The predicted molar refractivity (Wildman–Crippen MR) is 94.2 cm³/mol. The molecule has 0 aliphatic carbocycles. The number of aromatic nitrogens is 2. The molecule has 1 N–H and O–H groups in total. The highest BCUT2D eigenvalue weighted by Gasteiger charge is 2.30. The lowest BCUT2D eigenvalue weighted by atomic mass is 10.2. The summed E-state index contributed by atoms with van der Waals surface area (Å²) in [5.41, 5.74) is 1.79. The zero-order valence-corrected chi connectivity index (χ0v) is 13.3. The van der Waals surface area contributed by atoms with Crippen molar-refractivity contribution in [1.29, 1.82) is 0 Å². The normalized spacial score (nSPS) is 16.2. The van der Waals surface area contributed by atoms with E-state index in [9.17, 15) is 9.59 Å². The number of aliphatic imine (C=N–C) groups is 1. The highest BCUT2D eigenvalue weighted by molar-refractivity contribution is 8.15. The molecule has 0 unspecified atom stereocenters. The fraction of sp³-hybridized carbons (Fsp3) is 0.0588. The number of amides is 2. The summed E-state index contributed by atoms with van der Waals surface area (Å²) in [6.45, 7) is 0. The first kappa shape index (κ1) is 14.6. The largest absolute Gasteiger partial charge is 0.345 e. The third-order valence-electron chi connectivity index (χ3n) is 3.66. The maximum absolute atomic E-state index is 12.6. The molecule has 2 amide bonds. The molecule has 0 saturated carbocycles. The Morgan fingerprint density at radius 2 is 2.04 bits per heavy atom. The zero-order chi connectivity index (χ0) is 16.5. The number of nitrogens with one attached hydrogen (secondary N) is 1. The molecule has 1 saturated heterocycles. The molecular formula is C17H12N4O2S. The van der Waals surface area contributed by atoms with Crippen molar-refractivity contribution in [2.45, 2.75) is 0 Å². The molecule has 0 radical (unpaired) electrons. The number of thioether (sulfide) groups is 1. The van der Waals surface area contributed by atoms with Crippen LogP contribution in [0.3, 0.4) is 0 Å². The Morgan fingerprint density at radius 1 is 1.21 bits per heavy atom. The maximum Gasteiger partial charge on any atom is 0.281 e. The van der Waals surface area contributed by atoms with Gasteiger partial charge in [0.05, 0.1) is 17.0 Å². The topological polar surface area (TPSA) is 78.4 Å². The molecule has 118 valence electrons. The number of benzene rings is 1. The van der Waals surface area contributed by atoms with E-state index in [0.717, 1.165) is 0 Å². The Kier molecular flexibility index (Phi) is 3.62. The minimum atomic E-state index is -0.396. The van der Waals surface area contributed by atoms with Crippen molar-refractivity contribution in [2.24, 2.45) is 4.99 Å².